The summed E-state index contributed by atoms with van der Waals surface area (Å²) in [5.41, 5.74) is -0.477. The second-order valence-electron chi connectivity index (χ2n) is 4.32. The van der Waals surface area contributed by atoms with Gasteiger partial charge in [0.1, 0.15) is 5.69 Å². The summed E-state index contributed by atoms with van der Waals surface area (Å²) in [6.45, 7) is 3.75. The summed E-state index contributed by atoms with van der Waals surface area (Å²) in [5, 5.41) is 15.8. The van der Waals surface area contributed by atoms with Gasteiger partial charge in [0.25, 0.3) is 5.91 Å². The number of rotatable bonds is 6. The smallest absolute Gasteiger partial charge is 0.311 e. The number of hydrogen-bond donors (Lipinski definition) is 2. The van der Waals surface area contributed by atoms with Crippen molar-refractivity contribution in [3.63, 3.8) is 0 Å². The monoisotopic (exact) mass is 253 g/mol. The van der Waals surface area contributed by atoms with Crippen LogP contribution in [0.25, 0.3) is 0 Å². The normalized spacial score (nSPS) is 11.3. The van der Waals surface area contributed by atoms with Gasteiger partial charge in [0, 0.05) is 19.8 Å². The van der Waals surface area contributed by atoms with Crippen molar-refractivity contribution in [3.8, 4) is 0 Å². The van der Waals surface area contributed by atoms with Crippen molar-refractivity contribution < 1.29 is 14.7 Å². The summed E-state index contributed by atoms with van der Waals surface area (Å²) in [4.78, 5) is 23.1. The largest absolute Gasteiger partial charge is 0.481 e. The molecule has 0 saturated carbocycles. The summed E-state index contributed by atoms with van der Waals surface area (Å²) in [6, 6.07) is 1.59. The Kier molecular flexibility index (Phi) is 4.47. The fourth-order valence-corrected chi connectivity index (χ4v) is 1.81. The first-order valence-electron chi connectivity index (χ1n) is 5.96. The van der Waals surface area contributed by atoms with E-state index in [9.17, 15) is 14.7 Å². The van der Waals surface area contributed by atoms with Crippen LogP contribution in [0.2, 0.25) is 0 Å². The Hall–Kier alpha value is -1.85. The highest BCUT2D eigenvalue weighted by atomic mass is 16.4. The van der Waals surface area contributed by atoms with Gasteiger partial charge in [0.2, 0.25) is 0 Å². The zero-order valence-electron chi connectivity index (χ0n) is 10.9. The van der Waals surface area contributed by atoms with Gasteiger partial charge in [0.15, 0.2) is 0 Å². The van der Waals surface area contributed by atoms with Crippen LogP contribution in [0.5, 0.6) is 0 Å². The molecule has 0 aromatic carbocycles. The molecule has 6 nitrogen and oxygen atoms in total. The van der Waals surface area contributed by atoms with Crippen LogP contribution in [-0.2, 0) is 11.8 Å². The summed E-state index contributed by atoms with van der Waals surface area (Å²) >= 11 is 0. The third-order valence-corrected chi connectivity index (χ3v) is 3.45. The van der Waals surface area contributed by atoms with Gasteiger partial charge < -0.3 is 10.4 Å². The van der Waals surface area contributed by atoms with Crippen LogP contribution in [-0.4, -0.2) is 33.3 Å². The van der Waals surface area contributed by atoms with Crippen LogP contribution in [0.4, 0.5) is 0 Å². The zero-order valence-corrected chi connectivity index (χ0v) is 10.9. The molecule has 0 aliphatic rings. The summed E-state index contributed by atoms with van der Waals surface area (Å²) in [5.74, 6) is -1.18. The van der Waals surface area contributed by atoms with Crippen molar-refractivity contribution in [1.82, 2.24) is 15.1 Å². The molecule has 0 saturated heterocycles. The molecule has 1 aromatic rings. The number of carbonyl (C=O) groups is 2. The van der Waals surface area contributed by atoms with Crippen molar-refractivity contribution in [2.45, 2.75) is 26.7 Å². The maximum atomic E-state index is 11.9. The Morgan fingerprint density at radius 3 is 2.44 bits per heavy atom. The number of hydrogen-bond acceptors (Lipinski definition) is 3. The molecule has 0 aliphatic heterocycles. The number of carboxylic acid groups (broad SMARTS) is 1. The summed E-state index contributed by atoms with van der Waals surface area (Å²) in [7, 11) is 1.67. The third-order valence-electron chi connectivity index (χ3n) is 3.45. The van der Waals surface area contributed by atoms with Gasteiger partial charge in [-0.1, -0.05) is 13.8 Å². The number of aromatic nitrogens is 2. The number of nitrogens with one attached hydrogen (secondary N) is 1. The van der Waals surface area contributed by atoms with Gasteiger partial charge in [-0.2, -0.15) is 5.10 Å². The third kappa shape index (κ3) is 2.69. The van der Waals surface area contributed by atoms with Gasteiger partial charge >= 0.3 is 5.97 Å². The van der Waals surface area contributed by atoms with Crippen molar-refractivity contribution in [2.24, 2.45) is 12.5 Å². The van der Waals surface area contributed by atoms with Crippen molar-refractivity contribution >= 4 is 11.9 Å². The van der Waals surface area contributed by atoms with E-state index in [1.54, 1.807) is 13.1 Å². The van der Waals surface area contributed by atoms with Gasteiger partial charge in [-0.15, -0.1) is 0 Å². The first-order chi connectivity index (χ1) is 8.46. The van der Waals surface area contributed by atoms with Crippen LogP contribution in [0.3, 0.4) is 0 Å². The first-order valence-corrected chi connectivity index (χ1v) is 5.96. The average Bonchev–Trinajstić information content (AvgIpc) is 2.77. The molecule has 18 heavy (non-hydrogen) atoms. The molecule has 1 aromatic heterocycles. The Morgan fingerprint density at radius 1 is 1.44 bits per heavy atom. The van der Waals surface area contributed by atoms with Crippen LogP contribution in [0.1, 0.15) is 37.2 Å². The molecule has 0 unspecified atom stereocenters. The molecule has 1 heterocycles. The highest BCUT2D eigenvalue weighted by Crippen LogP contribution is 2.25. The minimum absolute atomic E-state index is 0.124. The van der Waals surface area contributed by atoms with E-state index in [0.29, 0.717) is 18.5 Å². The summed E-state index contributed by atoms with van der Waals surface area (Å²) < 4.78 is 1.45. The van der Waals surface area contributed by atoms with Crippen molar-refractivity contribution in [1.29, 1.82) is 0 Å². The fourth-order valence-electron chi connectivity index (χ4n) is 1.81. The number of amides is 1. The number of aliphatic carboxylic acids is 1. The molecule has 0 spiro atoms. The highest BCUT2D eigenvalue weighted by Gasteiger charge is 2.35. The predicted octanol–water partition coefficient (Wildman–Crippen LogP) is 1.04. The quantitative estimate of drug-likeness (QED) is 0.793. The molecule has 0 bridgehead atoms. The lowest BCUT2D eigenvalue weighted by Gasteiger charge is -2.26. The Bertz CT molecular complexity index is 436. The maximum absolute atomic E-state index is 11.9. The fraction of sp³-hybridized carbons (Fsp3) is 0.583. The molecule has 0 atom stereocenters. The van der Waals surface area contributed by atoms with Crippen molar-refractivity contribution in [2.75, 3.05) is 6.54 Å². The maximum Gasteiger partial charge on any atom is 0.311 e. The molecule has 100 valence electrons. The SMILES string of the molecule is CCC(CC)(CNC(=O)c1ccnn1C)C(=O)O. The topological polar surface area (TPSA) is 84.2 Å². The first kappa shape index (κ1) is 14.2. The van der Waals surface area contributed by atoms with Crippen molar-refractivity contribution in [3.05, 3.63) is 18.0 Å². The molecule has 2 N–H and O–H groups in total. The summed E-state index contributed by atoms with van der Waals surface area (Å²) in [6.07, 6.45) is 2.48. The number of nitrogens with zero attached hydrogens (tertiary/aromatic N) is 2. The number of aryl methyl sites for hydroxylation is 1. The van der Waals surface area contributed by atoms with E-state index in [-0.39, 0.29) is 12.5 Å². The minimum Gasteiger partial charge on any atom is -0.481 e. The van der Waals surface area contributed by atoms with Crippen LogP contribution >= 0.6 is 0 Å². The molecule has 0 radical (unpaired) electrons. The Labute approximate surface area is 106 Å². The highest BCUT2D eigenvalue weighted by molar-refractivity contribution is 5.92. The molecule has 1 rings (SSSR count). The Balaban J connectivity index is 2.72. The van der Waals surface area contributed by atoms with Crippen LogP contribution in [0, 0.1) is 5.41 Å². The van der Waals surface area contributed by atoms with Crippen LogP contribution in [0.15, 0.2) is 12.3 Å². The second-order valence-corrected chi connectivity index (χ2v) is 4.32. The molecule has 0 aliphatic carbocycles. The van der Waals surface area contributed by atoms with E-state index in [0.717, 1.165) is 0 Å². The second kappa shape index (κ2) is 5.66. The average molecular weight is 253 g/mol. The molecule has 1 amide bonds. The molecule has 0 fully saturated rings. The zero-order chi connectivity index (χ0) is 13.8. The van der Waals surface area contributed by atoms with E-state index in [4.69, 9.17) is 0 Å². The van der Waals surface area contributed by atoms with Crippen LogP contribution < -0.4 is 5.32 Å². The van der Waals surface area contributed by atoms with E-state index >= 15 is 0 Å². The minimum atomic E-state index is -0.895. The van der Waals surface area contributed by atoms with E-state index < -0.39 is 11.4 Å². The predicted molar refractivity (Wildman–Crippen MR) is 66.2 cm³/mol. The van der Waals surface area contributed by atoms with Gasteiger partial charge in [-0.3, -0.25) is 14.3 Å². The van der Waals surface area contributed by atoms with Gasteiger partial charge in [-0.25, -0.2) is 0 Å². The van der Waals surface area contributed by atoms with Gasteiger partial charge in [-0.05, 0) is 18.9 Å². The Morgan fingerprint density at radius 2 is 2.06 bits per heavy atom. The molecule has 6 heteroatoms. The molecular formula is C12H19N3O3. The van der Waals surface area contributed by atoms with E-state index in [2.05, 4.69) is 10.4 Å². The van der Waals surface area contributed by atoms with E-state index in [1.807, 2.05) is 13.8 Å². The standard InChI is InChI=1S/C12H19N3O3/c1-4-12(5-2,11(17)18)8-13-10(16)9-6-7-14-15(9)3/h6-7H,4-5,8H2,1-3H3,(H,13,16)(H,17,18). The number of carboxylic acids is 1. The lowest BCUT2D eigenvalue weighted by molar-refractivity contribution is -0.149. The molecular weight excluding hydrogens is 234 g/mol. The number of carbonyl (C=O) groups excluding carboxylic acids is 1. The lowest BCUT2D eigenvalue weighted by Crippen LogP contribution is -2.42. The van der Waals surface area contributed by atoms with Gasteiger partial charge in [0.05, 0.1) is 5.41 Å². The van der Waals surface area contributed by atoms with E-state index in [1.165, 1.54) is 10.9 Å². The lowest BCUT2D eigenvalue weighted by atomic mass is 9.82.